The summed E-state index contributed by atoms with van der Waals surface area (Å²) in [5, 5.41) is 0. The van der Waals surface area contributed by atoms with Gasteiger partial charge in [0.25, 0.3) is 0 Å². The van der Waals surface area contributed by atoms with Crippen molar-refractivity contribution in [3.8, 4) is 0 Å². The molecule has 0 bridgehead atoms. The van der Waals surface area contributed by atoms with Gasteiger partial charge < -0.3 is 4.74 Å². The van der Waals surface area contributed by atoms with Crippen LogP contribution in [-0.4, -0.2) is 17.9 Å². The summed E-state index contributed by atoms with van der Waals surface area (Å²) in [6, 6.07) is 9.68. The van der Waals surface area contributed by atoms with Crippen LogP contribution >= 0.6 is 0 Å². The number of hydrogen-bond donors (Lipinski definition) is 0. The molecule has 0 spiro atoms. The Morgan fingerprint density at radius 1 is 1.21 bits per heavy atom. The van der Waals surface area contributed by atoms with Gasteiger partial charge in [0.2, 0.25) is 5.78 Å². The third-order valence-corrected chi connectivity index (χ3v) is 2.22. The second-order valence-electron chi connectivity index (χ2n) is 3.34. The highest BCUT2D eigenvalue weighted by molar-refractivity contribution is 6.35. The van der Waals surface area contributed by atoms with Crippen molar-refractivity contribution in [2.75, 3.05) is 0 Å². The SMILES string of the molecule is O=C1C[C@@H](Cc2ccccc2)OC1=O. The van der Waals surface area contributed by atoms with E-state index in [1.807, 2.05) is 30.3 Å². The van der Waals surface area contributed by atoms with E-state index in [2.05, 4.69) is 0 Å². The highest BCUT2D eigenvalue weighted by atomic mass is 16.6. The number of ketones is 1. The molecule has 0 amide bonds. The number of carbonyl (C=O) groups excluding carboxylic acids is 2. The average Bonchev–Trinajstić information content (AvgIpc) is 2.47. The van der Waals surface area contributed by atoms with Gasteiger partial charge >= 0.3 is 5.97 Å². The Kier molecular flexibility index (Phi) is 2.31. The van der Waals surface area contributed by atoms with Crippen LogP contribution in [0, 0.1) is 0 Å². The molecule has 0 aliphatic carbocycles. The summed E-state index contributed by atoms with van der Waals surface area (Å²) in [5.74, 6) is -1.10. The van der Waals surface area contributed by atoms with Gasteiger partial charge in [0.05, 0.1) is 6.42 Å². The molecule has 1 saturated heterocycles. The van der Waals surface area contributed by atoms with E-state index in [4.69, 9.17) is 4.74 Å². The average molecular weight is 190 g/mol. The van der Waals surface area contributed by atoms with Crippen molar-refractivity contribution in [2.24, 2.45) is 0 Å². The van der Waals surface area contributed by atoms with Gasteiger partial charge in [-0.25, -0.2) is 4.79 Å². The summed E-state index contributed by atoms with van der Waals surface area (Å²) in [6.45, 7) is 0. The fraction of sp³-hybridized carbons (Fsp3) is 0.273. The fourth-order valence-electron chi connectivity index (χ4n) is 1.54. The lowest BCUT2D eigenvalue weighted by atomic mass is 10.1. The molecule has 1 aliphatic rings. The zero-order valence-electron chi connectivity index (χ0n) is 7.60. The standard InChI is InChI=1S/C11H10O3/c12-10-7-9(14-11(10)13)6-8-4-2-1-3-5-8/h1-5,9H,6-7H2/t9-/m1/s1. The van der Waals surface area contributed by atoms with E-state index in [1.165, 1.54) is 0 Å². The van der Waals surface area contributed by atoms with Gasteiger partial charge in [-0.3, -0.25) is 4.79 Å². The van der Waals surface area contributed by atoms with Crippen LogP contribution in [0.5, 0.6) is 0 Å². The lowest BCUT2D eigenvalue weighted by Crippen LogP contribution is -2.10. The molecule has 3 nitrogen and oxygen atoms in total. The van der Waals surface area contributed by atoms with Crippen LogP contribution in [0.1, 0.15) is 12.0 Å². The number of Topliss-reactive ketones (excluding diaryl/α,β-unsaturated/α-hetero) is 1. The minimum Gasteiger partial charge on any atom is -0.456 e. The predicted molar refractivity (Wildman–Crippen MR) is 49.7 cm³/mol. The summed E-state index contributed by atoms with van der Waals surface area (Å²) in [7, 11) is 0. The Bertz CT molecular complexity index is 340. The van der Waals surface area contributed by atoms with Crippen molar-refractivity contribution in [1.29, 1.82) is 0 Å². The van der Waals surface area contributed by atoms with Gasteiger partial charge in [-0.2, -0.15) is 0 Å². The van der Waals surface area contributed by atoms with Crippen LogP contribution < -0.4 is 0 Å². The Morgan fingerprint density at radius 2 is 1.93 bits per heavy atom. The molecule has 1 aromatic rings. The molecule has 1 atom stereocenters. The number of esters is 1. The second kappa shape index (κ2) is 3.62. The molecule has 1 heterocycles. The van der Waals surface area contributed by atoms with E-state index in [-0.39, 0.29) is 12.5 Å². The maximum absolute atomic E-state index is 10.9. The van der Waals surface area contributed by atoms with Crippen LogP contribution in [0.3, 0.4) is 0 Å². The van der Waals surface area contributed by atoms with Crippen LogP contribution in [0.25, 0.3) is 0 Å². The quantitative estimate of drug-likeness (QED) is 0.518. The first-order valence-electron chi connectivity index (χ1n) is 4.53. The Labute approximate surface area is 81.7 Å². The fourth-order valence-corrected chi connectivity index (χ4v) is 1.54. The summed E-state index contributed by atoms with van der Waals surface area (Å²) >= 11 is 0. The molecule has 0 saturated carbocycles. The number of carbonyl (C=O) groups is 2. The molecule has 1 fully saturated rings. The topological polar surface area (TPSA) is 43.4 Å². The summed E-state index contributed by atoms with van der Waals surface area (Å²) in [6.07, 6.45) is 0.573. The van der Waals surface area contributed by atoms with Gasteiger partial charge in [-0.1, -0.05) is 30.3 Å². The van der Waals surface area contributed by atoms with Crippen molar-refractivity contribution in [1.82, 2.24) is 0 Å². The molecular weight excluding hydrogens is 180 g/mol. The van der Waals surface area contributed by atoms with Gasteiger partial charge in [-0.15, -0.1) is 0 Å². The molecule has 0 aromatic heterocycles. The van der Waals surface area contributed by atoms with E-state index in [0.717, 1.165) is 5.56 Å². The van der Waals surface area contributed by atoms with E-state index in [0.29, 0.717) is 6.42 Å². The van der Waals surface area contributed by atoms with Gasteiger partial charge in [0, 0.05) is 6.42 Å². The van der Waals surface area contributed by atoms with Gasteiger partial charge in [0.15, 0.2) is 0 Å². The second-order valence-corrected chi connectivity index (χ2v) is 3.34. The maximum Gasteiger partial charge on any atom is 0.375 e. The van der Waals surface area contributed by atoms with Crippen LogP contribution in [0.2, 0.25) is 0 Å². The van der Waals surface area contributed by atoms with Crippen LogP contribution in [0.4, 0.5) is 0 Å². The largest absolute Gasteiger partial charge is 0.456 e. The first-order chi connectivity index (χ1) is 6.75. The lowest BCUT2D eigenvalue weighted by Gasteiger charge is -2.07. The summed E-state index contributed by atoms with van der Waals surface area (Å²) < 4.78 is 4.89. The number of rotatable bonds is 2. The van der Waals surface area contributed by atoms with E-state index >= 15 is 0 Å². The molecule has 0 unspecified atom stereocenters. The minimum atomic E-state index is -0.689. The molecule has 2 rings (SSSR count). The van der Waals surface area contributed by atoms with Gasteiger partial charge in [-0.05, 0) is 5.56 Å². The normalized spacial score (nSPS) is 21.0. The van der Waals surface area contributed by atoms with Crippen molar-refractivity contribution in [3.05, 3.63) is 35.9 Å². The van der Waals surface area contributed by atoms with Crippen molar-refractivity contribution in [2.45, 2.75) is 18.9 Å². The third-order valence-electron chi connectivity index (χ3n) is 2.22. The zero-order chi connectivity index (χ0) is 9.97. The Balaban J connectivity index is 2.00. The Hall–Kier alpha value is -1.64. The van der Waals surface area contributed by atoms with E-state index in [1.54, 1.807) is 0 Å². The molecule has 1 aliphatic heterocycles. The van der Waals surface area contributed by atoms with E-state index in [9.17, 15) is 9.59 Å². The van der Waals surface area contributed by atoms with Crippen LogP contribution in [0.15, 0.2) is 30.3 Å². The first-order valence-corrected chi connectivity index (χ1v) is 4.53. The molecule has 3 heteroatoms. The zero-order valence-corrected chi connectivity index (χ0v) is 7.60. The summed E-state index contributed by atoms with van der Waals surface area (Å²) in [5.41, 5.74) is 1.08. The van der Waals surface area contributed by atoms with Crippen molar-refractivity contribution < 1.29 is 14.3 Å². The molecule has 14 heavy (non-hydrogen) atoms. The monoisotopic (exact) mass is 190 g/mol. The highest BCUT2D eigenvalue weighted by Gasteiger charge is 2.31. The molecular formula is C11H10O3. The van der Waals surface area contributed by atoms with Gasteiger partial charge in [0.1, 0.15) is 6.10 Å². The molecule has 0 N–H and O–H groups in total. The summed E-state index contributed by atoms with van der Waals surface area (Å²) in [4.78, 5) is 21.7. The number of hydrogen-bond acceptors (Lipinski definition) is 3. The third kappa shape index (κ3) is 1.82. The molecule has 1 aromatic carbocycles. The minimum absolute atomic E-state index is 0.216. The number of cyclic esters (lactones) is 1. The number of ether oxygens (including phenoxy) is 1. The molecule has 0 radical (unpaired) electrons. The highest BCUT2D eigenvalue weighted by Crippen LogP contribution is 2.15. The maximum atomic E-state index is 10.9. The predicted octanol–water partition coefficient (Wildman–Crippen LogP) is 1.11. The first kappa shape index (κ1) is 8.94. The number of benzene rings is 1. The van der Waals surface area contributed by atoms with Crippen molar-refractivity contribution in [3.63, 3.8) is 0 Å². The molecule has 72 valence electrons. The lowest BCUT2D eigenvalue weighted by molar-refractivity contribution is -0.148. The Morgan fingerprint density at radius 3 is 2.50 bits per heavy atom. The van der Waals surface area contributed by atoms with Crippen LogP contribution in [-0.2, 0) is 20.7 Å². The van der Waals surface area contributed by atoms with E-state index < -0.39 is 11.8 Å². The van der Waals surface area contributed by atoms with Crippen molar-refractivity contribution >= 4 is 11.8 Å². The smallest absolute Gasteiger partial charge is 0.375 e.